The van der Waals surface area contributed by atoms with E-state index >= 15 is 0 Å². The van der Waals surface area contributed by atoms with E-state index in [4.69, 9.17) is 30.9 Å². The number of nitrogens with zero attached hydrogens (tertiary/aromatic N) is 1. The number of benzene rings is 3. The van der Waals surface area contributed by atoms with E-state index in [0.717, 1.165) is 66.0 Å². The van der Waals surface area contributed by atoms with Crippen molar-refractivity contribution in [1.82, 2.24) is 10.2 Å². The zero-order valence-corrected chi connectivity index (χ0v) is 25.7. The molecule has 0 amide bonds. The van der Waals surface area contributed by atoms with Crippen LogP contribution in [-0.4, -0.2) is 78.3 Å². The fourth-order valence-corrected chi connectivity index (χ4v) is 5.55. The highest BCUT2D eigenvalue weighted by molar-refractivity contribution is 6.32. The van der Waals surface area contributed by atoms with Crippen molar-refractivity contribution in [2.75, 3.05) is 40.0 Å². The van der Waals surface area contributed by atoms with Crippen LogP contribution in [-0.2, 0) is 17.9 Å². The summed E-state index contributed by atoms with van der Waals surface area (Å²) in [5.74, 6) is 0.653. The van der Waals surface area contributed by atoms with Gasteiger partial charge >= 0.3 is 5.97 Å². The van der Waals surface area contributed by atoms with Crippen LogP contribution in [0.15, 0.2) is 48.5 Å². The van der Waals surface area contributed by atoms with Gasteiger partial charge in [-0.15, -0.1) is 0 Å². The van der Waals surface area contributed by atoms with Gasteiger partial charge in [0, 0.05) is 37.8 Å². The maximum absolute atomic E-state index is 11.2. The highest BCUT2D eigenvalue weighted by Crippen LogP contribution is 2.36. The maximum Gasteiger partial charge on any atom is 0.323 e. The number of likely N-dealkylation sites (tertiary alicyclic amines) is 1. The van der Waals surface area contributed by atoms with Crippen molar-refractivity contribution in [1.29, 1.82) is 0 Å². The molecule has 1 heterocycles. The Bertz CT molecular complexity index is 1400. The van der Waals surface area contributed by atoms with Crippen molar-refractivity contribution in [3.8, 4) is 28.4 Å². The molecule has 1 aliphatic heterocycles. The number of β-amino-alcohol motifs (C(OH)–C–C–N with tert-alkyl or cyclic N) is 1. The van der Waals surface area contributed by atoms with Crippen molar-refractivity contribution in [2.45, 2.75) is 52.0 Å². The number of halogens is 1. The maximum atomic E-state index is 11.2. The second kappa shape index (κ2) is 15.4. The van der Waals surface area contributed by atoms with Crippen LogP contribution in [0.5, 0.6) is 17.2 Å². The normalized spacial score (nSPS) is 15.8. The summed E-state index contributed by atoms with van der Waals surface area (Å²) < 4.78 is 17.8. The third-order valence-corrected chi connectivity index (χ3v) is 8.18. The molecular formula is C33H41ClN2O7. The number of aliphatic hydroxyl groups is 2. The lowest BCUT2D eigenvalue weighted by atomic mass is 9.93. The number of hydrogen-bond donors (Lipinski definition) is 4. The molecule has 0 aliphatic carbocycles. The zero-order valence-electron chi connectivity index (χ0n) is 24.9. The van der Waals surface area contributed by atoms with Gasteiger partial charge in [-0.2, -0.15) is 0 Å². The van der Waals surface area contributed by atoms with Gasteiger partial charge in [0.15, 0.2) is 0 Å². The van der Waals surface area contributed by atoms with Crippen molar-refractivity contribution in [3.63, 3.8) is 0 Å². The number of methoxy groups -OCH3 is 1. The Morgan fingerprint density at radius 3 is 2.47 bits per heavy atom. The summed E-state index contributed by atoms with van der Waals surface area (Å²) in [5.41, 5.74) is 6.00. The number of rotatable bonds is 15. The molecule has 0 radical (unpaired) electrons. The van der Waals surface area contributed by atoms with Gasteiger partial charge in [-0.25, -0.2) is 0 Å². The molecule has 3 aromatic rings. The average Bonchev–Trinajstić information content (AvgIpc) is 3.41. The number of carbonyl (C=O) groups is 1. The highest BCUT2D eigenvalue weighted by Gasteiger charge is 2.20. The molecule has 10 heteroatoms. The number of aliphatic hydroxyl groups excluding tert-OH is 2. The molecule has 9 nitrogen and oxygen atoms in total. The number of carboxylic acid groups (broad SMARTS) is 1. The number of nitrogens with one attached hydrogen (secondary N) is 1. The molecule has 0 aromatic heterocycles. The minimum Gasteiger partial charge on any atom is -0.496 e. The van der Waals surface area contributed by atoms with Crippen LogP contribution in [0.1, 0.15) is 35.1 Å². The molecule has 0 bridgehead atoms. The highest BCUT2D eigenvalue weighted by atomic mass is 35.5. The van der Waals surface area contributed by atoms with Crippen LogP contribution in [0.2, 0.25) is 5.02 Å². The lowest BCUT2D eigenvalue weighted by Gasteiger charge is -2.18. The number of carboxylic acids is 1. The van der Waals surface area contributed by atoms with Crippen molar-refractivity contribution in [3.05, 3.63) is 75.8 Å². The number of aliphatic carboxylic acids is 1. The molecule has 0 spiro atoms. The Labute approximate surface area is 258 Å². The Hall–Kier alpha value is -3.34. The first-order chi connectivity index (χ1) is 20.7. The van der Waals surface area contributed by atoms with E-state index in [2.05, 4.69) is 36.2 Å². The van der Waals surface area contributed by atoms with Crippen LogP contribution in [0.25, 0.3) is 11.1 Å². The van der Waals surface area contributed by atoms with Gasteiger partial charge in [-0.1, -0.05) is 41.9 Å². The van der Waals surface area contributed by atoms with E-state index < -0.39 is 18.6 Å². The predicted octanol–water partition coefficient (Wildman–Crippen LogP) is 4.58. The van der Waals surface area contributed by atoms with Gasteiger partial charge in [0.05, 0.1) is 31.5 Å². The summed E-state index contributed by atoms with van der Waals surface area (Å²) in [5, 5.41) is 31.3. The lowest BCUT2D eigenvalue weighted by molar-refractivity contribution is -0.140. The summed E-state index contributed by atoms with van der Waals surface area (Å²) in [4.78, 5) is 13.5. The third-order valence-electron chi connectivity index (χ3n) is 7.88. The number of hydrogen-bond acceptors (Lipinski definition) is 8. The topological polar surface area (TPSA) is 121 Å². The summed E-state index contributed by atoms with van der Waals surface area (Å²) in [7, 11) is 1.52. The third kappa shape index (κ3) is 8.40. The predicted molar refractivity (Wildman–Crippen MR) is 166 cm³/mol. The molecule has 1 unspecified atom stereocenters. The van der Waals surface area contributed by atoms with Crippen molar-refractivity contribution >= 4 is 17.6 Å². The minimum absolute atomic E-state index is 0.145. The first kappa shape index (κ1) is 32.6. The molecular weight excluding hydrogens is 572 g/mol. The molecule has 4 rings (SSSR count). The van der Waals surface area contributed by atoms with Crippen molar-refractivity contribution in [2.24, 2.45) is 0 Å². The molecule has 0 saturated carbocycles. The molecule has 1 fully saturated rings. The Balaban J connectivity index is 1.42. The summed E-state index contributed by atoms with van der Waals surface area (Å²) in [6, 6.07) is 14.5. The second-order valence-corrected chi connectivity index (χ2v) is 11.2. The fourth-order valence-electron chi connectivity index (χ4n) is 5.31. The Morgan fingerprint density at radius 2 is 1.79 bits per heavy atom. The SMILES string of the molecule is COc1cc(OCc2cccc(-c3cccc(OCCCN4CC[C@@H](O)C4)c3C)c2C)c(Cl)cc1CNC(CO)C(=O)O. The summed E-state index contributed by atoms with van der Waals surface area (Å²) in [6.45, 7) is 7.26. The largest absolute Gasteiger partial charge is 0.496 e. The summed E-state index contributed by atoms with van der Waals surface area (Å²) >= 11 is 6.54. The molecule has 4 N–H and O–H groups in total. The van der Waals surface area contributed by atoms with E-state index in [1.54, 1.807) is 12.1 Å². The first-order valence-corrected chi connectivity index (χ1v) is 14.9. The first-order valence-electron chi connectivity index (χ1n) is 14.5. The average molecular weight is 613 g/mol. The van der Waals surface area contributed by atoms with Gasteiger partial charge in [0.25, 0.3) is 0 Å². The Morgan fingerprint density at radius 1 is 1.05 bits per heavy atom. The molecule has 1 aliphatic rings. The smallest absolute Gasteiger partial charge is 0.323 e. The van der Waals surface area contributed by atoms with Crippen LogP contribution >= 0.6 is 11.6 Å². The molecule has 43 heavy (non-hydrogen) atoms. The lowest BCUT2D eigenvalue weighted by Crippen LogP contribution is -2.39. The van der Waals surface area contributed by atoms with Crippen molar-refractivity contribution < 1.29 is 34.3 Å². The van der Waals surface area contributed by atoms with E-state index in [1.165, 1.54) is 7.11 Å². The van der Waals surface area contributed by atoms with Crippen LogP contribution in [0, 0.1) is 13.8 Å². The van der Waals surface area contributed by atoms with Gasteiger partial charge in [0.1, 0.15) is 29.9 Å². The van der Waals surface area contributed by atoms with Gasteiger partial charge in [-0.3, -0.25) is 10.1 Å². The van der Waals surface area contributed by atoms with Crippen LogP contribution in [0.4, 0.5) is 0 Å². The quantitative estimate of drug-likeness (QED) is 0.183. The number of ether oxygens (including phenoxy) is 3. The minimum atomic E-state index is -1.14. The molecule has 2 atom stereocenters. The van der Waals surface area contributed by atoms with Gasteiger partial charge in [0.2, 0.25) is 0 Å². The fraction of sp³-hybridized carbons (Fsp3) is 0.424. The monoisotopic (exact) mass is 612 g/mol. The molecule has 1 saturated heterocycles. The van der Waals surface area contributed by atoms with Gasteiger partial charge in [-0.05, 0) is 66.6 Å². The summed E-state index contributed by atoms with van der Waals surface area (Å²) in [6.07, 6.45) is 1.54. The second-order valence-electron chi connectivity index (χ2n) is 10.8. The van der Waals surface area contributed by atoms with E-state index in [9.17, 15) is 15.0 Å². The van der Waals surface area contributed by atoms with E-state index in [-0.39, 0.29) is 19.3 Å². The van der Waals surface area contributed by atoms with E-state index in [0.29, 0.717) is 28.7 Å². The molecule has 3 aromatic carbocycles. The van der Waals surface area contributed by atoms with Crippen LogP contribution < -0.4 is 19.5 Å². The Kier molecular flexibility index (Phi) is 11.7. The van der Waals surface area contributed by atoms with E-state index in [1.807, 2.05) is 24.3 Å². The van der Waals surface area contributed by atoms with Gasteiger partial charge < -0.3 is 34.4 Å². The standard InChI is InChI=1S/C33H41ClN2O7/c1-21-23(20-43-32-16-31(41-3)24(15-28(32)34)17-35-29(19-37)33(39)40)7-4-8-26(21)27-9-5-10-30(22(27)2)42-14-6-12-36-13-11-25(38)18-36/h4-5,7-10,15-16,25,29,35,37-38H,6,11-14,17-20H2,1-3H3,(H,39,40)/t25-,29?/m1/s1. The van der Waals surface area contributed by atoms with Crippen LogP contribution in [0.3, 0.4) is 0 Å². The zero-order chi connectivity index (χ0) is 30.9. The molecule has 232 valence electrons.